The maximum absolute atomic E-state index is 12.3. The molecule has 0 aromatic carbocycles. The van der Waals surface area contributed by atoms with Crippen LogP contribution in [0.15, 0.2) is 0 Å². The van der Waals surface area contributed by atoms with E-state index in [0.29, 0.717) is 18.5 Å². The Kier molecular flexibility index (Phi) is 6.94. The van der Waals surface area contributed by atoms with Gasteiger partial charge in [-0.25, -0.2) is 0 Å². The van der Waals surface area contributed by atoms with E-state index in [2.05, 4.69) is 10.6 Å². The van der Waals surface area contributed by atoms with Gasteiger partial charge >= 0.3 is 0 Å². The second kappa shape index (κ2) is 7.99. The summed E-state index contributed by atoms with van der Waals surface area (Å²) in [7, 11) is 1.76. The molecule has 0 radical (unpaired) electrons. The van der Waals surface area contributed by atoms with E-state index in [1.807, 2.05) is 6.92 Å². The number of hydrogen-bond donors (Lipinski definition) is 2. The Morgan fingerprint density at radius 1 is 1.33 bits per heavy atom. The van der Waals surface area contributed by atoms with E-state index in [1.165, 1.54) is 25.7 Å². The van der Waals surface area contributed by atoms with Crippen molar-refractivity contribution in [1.82, 2.24) is 15.5 Å². The van der Waals surface area contributed by atoms with Gasteiger partial charge in [0.25, 0.3) is 0 Å². The lowest BCUT2D eigenvalue weighted by Gasteiger charge is -2.24. The van der Waals surface area contributed by atoms with Crippen molar-refractivity contribution < 1.29 is 9.59 Å². The van der Waals surface area contributed by atoms with Crippen molar-refractivity contribution >= 4 is 24.2 Å². The molecule has 0 aromatic rings. The van der Waals surface area contributed by atoms with Crippen LogP contribution in [0.2, 0.25) is 0 Å². The molecule has 1 aliphatic heterocycles. The zero-order valence-electron chi connectivity index (χ0n) is 13.2. The molecule has 2 amide bonds. The zero-order valence-corrected chi connectivity index (χ0v) is 14.0. The van der Waals surface area contributed by atoms with Gasteiger partial charge in [-0.1, -0.05) is 12.8 Å². The quantitative estimate of drug-likeness (QED) is 0.822. The second-order valence-electron chi connectivity index (χ2n) is 6.19. The van der Waals surface area contributed by atoms with Gasteiger partial charge in [-0.3, -0.25) is 9.59 Å². The molecule has 5 nitrogen and oxygen atoms in total. The average Bonchev–Trinajstić information content (AvgIpc) is 2.89. The van der Waals surface area contributed by atoms with Gasteiger partial charge in [-0.05, 0) is 39.0 Å². The summed E-state index contributed by atoms with van der Waals surface area (Å²) in [5, 5.41) is 6.30. The summed E-state index contributed by atoms with van der Waals surface area (Å²) in [4.78, 5) is 25.9. The molecule has 21 heavy (non-hydrogen) atoms. The number of rotatable bonds is 4. The van der Waals surface area contributed by atoms with Crippen molar-refractivity contribution in [2.45, 2.75) is 64.1 Å². The van der Waals surface area contributed by atoms with Gasteiger partial charge in [-0.2, -0.15) is 0 Å². The summed E-state index contributed by atoms with van der Waals surface area (Å²) < 4.78 is 0. The molecule has 1 saturated heterocycles. The highest BCUT2D eigenvalue weighted by molar-refractivity contribution is 5.89. The van der Waals surface area contributed by atoms with Crippen LogP contribution >= 0.6 is 12.4 Å². The summed E-state index contributed by atoms with van der Waals surface area (Å²) >= 11 is 0. The van der Waals surface area contributed by atoms with Crippen molar-refractivity contribution in [3.8, 4) is 0 Å². The molecular weight excluding hydrogens is 290 g/mol. The highest BCUT2D eigenvalue weighted by Gasteiger charge is 2.38. The number of amides is 2. The Bertz CT molecular complexity index is 364. The molecule has 2 fully saturated rings. The maximum Gasteiger partial charge on any atom is 0.244 e. The Morgan fingerprint density at radius 2 is 2.00 bits per heavy atom. The van der Waals surface area contributed by atoms with E-state index in [4.69, 9.17) is 0 Å². The molecule has 2 rings (SSSR count). The maximum atomic E-state index is 12.3. The molecule has 1 heterocycles. The Balaban J connectivity index is 0.00000220. The fourth-order valence-corrected chi connectivity index (χ4v) is 3.38. The van der Waals surface area contributed by atoms with Gasteiger partial charge in [0.15, 0.2) is 0 Å². The van der Waals surface area contributed by atoms with Crippen LogP contribution in [0.5, 0.6) is 0 Å². The van der Waals surface area contributed by atoms with E-state index in [-0.39, 0.29) is 30.3 Å². The zero-order chi connectivity index (χ0) is 14.7. The van der Waals surface area contributed by atoms with Crippen molar-refractivity contribution in [2.24, 2.45) is 5.92 Å². The lowest BCUT2D eigenvalue weighted by atomic mass is 9.85. The molecule has 0 bridgehead atoms. The third-order valence-electron chi connectivity index (χ3n) is 4.76. The number of likely N-dealkylation sites (N-methyl/N-ethyl adjacent to an activating group) is 1. The molecule has 6 heteroatoms. The van der Waals surface area contributed by atoms with Crippen molar-refractivity contribution in [3.63, 3.8) is 0 Å². The fraction of sp³-hybridized carbons (Fsp3) is 0.867. The van der Waals surface area contributed by atoms with Crippen molar-refractivity contribution in [2.75, 3.05) is 13.6 Å². The standard InChI is InChI=1S/C15H27N3O2.ClH/c1-4-18(3)15(20)10(2)16-14(19)13-9-11-7-5-6-8-12(11)17-13;/h10-13,17H,4-9H2,1-3H3,(H,16,19);1H. The number of nitrogens with one attached hydrogen (secondary N) is 2. The molecule has 4 atom stereocenters. The third-order valence-corrected chi connectivity index (χ3v) is 4.76. The van der Waals surface area contributed by atoms with Gasteiger partial charge in [0.05, 0.1) is 6.04 Å². The largest absolute Gasteiger partial charge is 0.344 e. The number of carbonyl (C=O) groups is 2. The van der Waals surface area contributed by atoms with Crippen molar-refractivity contribution in [1.29, 1.82) is 0 Å². The molecule has 2 N–H and O–H groups in total. The number of fused-ring (bicyclic) bond motifs is 1. The number of nitrogens with zero attached hydrogens (tertiary/aromatic N) is 1. The SMILES string of the molecule is CCN(C)C(=O)C(C)NC(=O)C1CC2CCCCC2N1.Cl. The monoisotopic (exact) mass is 317 g/mol. The van der Waals surface area contributed by atoms with Gasteiger partial charge < -0.3 is 15.5 Å². The third kappa shape index (κ3) is 4.33. The highest BCUT2D eigenvalue weighted by atomic mass is 35.5. The average molecular weight is 318 g/mol. The highest BCUT2D eigenvalue weighted by Crippen LogP contribution is 2.33. The first-order chi connectivity index (χ1) is 9.52. The summed E-state index contributed by atoms with van der Waals surface area (Å²) in [5.41, 5.74) is 0. The summed E-state index contributed by atoms with van der Waals surface area (Å²) in [6.45, 7) is 4.34. The smallest absolute Gasteiger partial charge is 0.244 e. The lowest BCUT2D eigenvalue weighted by Crippen LogP contribution is -2.51. The molecular formula is C15H28ClN3O2. The second-order valence-corrected chi connectivity index (χ2v) is 6.19. The first-order valence-electron chi connectivity index (χ1n) is 7.84. The van der Waals surface area contributed by atoms with E-state index in [1.54, 1.807) is 18.9 Å². The van der Waals surface area contributed by atoms with Gasteiger partial charge in [0.2, 0.25) is 11.8 Å². The summed E-state index contributed by atoms with van der Waals surface area (Å²) in [6.07, 6.45) is 5.88. The van der Waals surface area contributed by atoms with Gasteiger partial charge in [0, 0.05) is 19.6 Å². The summed E-state index contributed by atoms with van der Waals surface area (Å²) in [5.74, 6) is 0.588. The van der Waals surface area contributed by atoms with Gasteiger partial charge in [0.1, 0.15) is 6.04 Å². The van der Waals surface area contributed by atoms with Crippen LogP contribution in [-0.4, -0.2) is 48.4 Å². The predicted octanol–water partition coefficient (Wildman–Crippen LogP) is 1.31. The van der Waals surface area contributed by atoms with Crippen LogP contribution in [0.25, 0.3) is 0 Å². The fourth-order valence-electron chi connectivity index (χ4n) is 3.38. The van der Waals surface area contributed by atoms with E-state index in [0.717, 1.165) is 6.42 Å². The van der Waals surface area contributed by atoms with Crippen molar-refractivity contribution in [3.05, 3.63) is 0 Å². The first-order valence-corrected chi connectivity index (χ1v) is 7.84. The first kappa shape index (κ1) is 18.2. The molecule has 1 aliphatic carbocycles. The molecule has 4 unspecified atom stereocenters. The van der Waals surface area contributed by atoms with Crippen LogP contribution in [0.4, 0.5) is 0 Å². The Labute approximate surface area is 133 Å². The van der Waals surface area contributed by atoms with Crippen LogP contribution in [0.3, 0.4) is 0 Å². The number of halogens is 1. The molecule has 0 spiro atoms. The van der Waals surface area contributed by atoms with Crippen LogP contribution in [0.1, 0.15) is 46.0 Å². The minimum absolute atomic E-state index is 0. The number of carbonyl (C=O) groups excluding carboxylic acids is 2. The topological polar surface area (TPSA) is 61.4 Å². The molecule has 1 saturated carbocycles. The number of hydrogen-bond acceptors (Lipinski definition) is 3. The van der Waals surface area contributed by atoms with E-state index >= 15 is 0 Å². The minimum atomic E-state index is -0.447. The molecule has 0 aromatic heterocycles. The Morgan fingerprint density at radius 3 is 2.62 bits per heavy atom. The summed E-state index contributed by atoms with van der Waals surface area (Å²) in [6, 6.07) is -0.0639. The van der Waals surface area contributed by atoms with E-state index in [9.17, 15) is 9.59 Å². The van der Waals surface area contributed by atoms with E-state index < -0.39 is 6.04 Å². The van der Waals surface area contributed by atoms with Crippen LogP contribution in [0, 0.1) is 5.92 Å². The lowest BCUT2D eigenvalue weighted by molar-refractivity contribution is -0.135. The minimum Gasteiger partial charge on any atom is -0.344 e. The van der Waals surface area contributed by atoms with Gasteiger partial charge in [-0.15, -0.1) is 12.4 Å². The van der Waals surface area contributed by atoms with Crippen LogP contribution < -0.4 is 10.6 Å². The molecule has 2 aliphatic rings. The van der Waals surface area contributed by atoms with Crippen LogP contribution in [-0.2, 0) is 9.59 Å². The predicted molar refractivity (Wildman–Crippen MR) is 85.5 cm³/mol. The Hall–Kier alpha value is -0.810. The normalized spacial score (nSPS) is 29.0. The molecule has 122 valence electrons.